The van der Waals surface area contributed by atoms with Crippen LogP contribution < -0.4 is 5.32 Å². The van der Waals surface area contributed by atoms with Crippen molar-refractivity contribution in [2.45, 2.75) is 55.4 Å². The summed E-state index contributed by atoms with van der Waals surface area (Å²) in [5.41, 5.74) is 1.43. The number of hydrogen-bond acceptors (Lipinski definition) is 2. The van der Waals surface area contributed by atoms with E-state index in [9.17, 15) is 13.6 Å². The second-order valence-electron chi connectivity index (χ2n) is 8.14. The van der Waals surface area contributed by atoms with E-state index < -0.39 is 10.8 Å². The number of carbonyl (C=O) groups excluding carboxylic acids is 1. The summed E-state index contributed by atoms with van der Waals surface area (Å²) in [6, 6.07) is 7.30. The first kappa shape index (κ1) is 19.6. The van der Waals surface area contributed by atoms with E-state index >= 15 is 0 Å². The first-order valence-corrected chi connectivity index (χ1v) is 10.2. The molecule has 1 aliphatic heterocycles. The molecule has 0 spiro atoms. The number of fused-ring (bicyclic) bond motifs is 1. The average Bonchev–Trinajstić information content (AvgIpc) is 3.34. The van der Waals surface area contributed by atoms with Crippen LogP contribution in [-0.4, -0.2) is 40.4 Å². The van der Waals surface area contributed by atoms with Crippen molar-refractivity contribution in [3.8, 4) is 0 Å². The van der Waals surface area contributed by atoms with Crippen molar-refractivity contribution in [3.63, 3.8) is 0 Å². The molecule has 2 aromatic rings. The van der Waals surface area contributed by atoms with Gasteiger partial charge in [0.05, 0.1) is 17.7 Å². The van der Waals surface area contributed by atoms with Crippen LogP contribution in [0.2, 0.25) is 0 Å². The van der Waals surface area contributed by atoms with Crippen LogP contribution in [0, 0.1) is 5.92 Å². The third-order valence-corrected chi connectivity index (χ3v) is 6.66. The van der Waals surface area contributed by atoms with Gasteiger partial charge in [-0.3, -0.25) is 4.79 Å². The van der Waals surface area contributed by atoms with Gasteiger partial charge in [-0.05, 0) is 43.9 Å². The fraction of sp³-hybridized carbons (Fsp3) is 0.571. The standard InChI is InChI=1S/C21H25ClF2N2O2/c22-20(6-8-21(23,24)9-7-20)13-17(15-5-12-28-14-15)25-19(27)16-4-11-26-10-2-1-3-18(16)26/h1-4,10-11,15,17H,5-9,12-14H2,(H,25,27)/t15-,17+/m1/s1. The quantitative estimate of drug-likeness (QED) is 0.729. The van der Waals surface area contributed by atoms with Crippen LogP contribution >= 0.6 is 11.6 Å². The number of carbonyl (C=O) groups is 1. The lowest BCUT2D eigenvalue weighted by Crippen LogP contribution is -2.46. The number of pyridine rings is 1. The predicted octanol–water partition coefficient (Wildman–Crippen LogP) is 4.65. The fourth-order valence-electron chi connectivity index (χ4n) is 4.36. The summed E-state index contributed by atoms with van der Waals surface area (Å²) in [7, 11) is 0. The topological polar surface area (TPSA) is 42.7 Å². The van der Waals surface area contributed by atoms with E-state index in [0.717, 1.165) is 11.9 Å². The van der Waals surface area contributed by atoms with Gasteiger partial charge < -0.3 is 14.5 Å². The molecule has 28 heavy (non-hydrogen) atoms. The molecule has 2 aliphatic rings. The molecule has 1 aliphatic carbocycles. The van der Waals surface area contributed by atoms with Crippen LogP contribution in [0.15, 0.2) is 36.7 Å². The average molecular weight is 411 g/mol. The van der Waals surface area contributed by atoms with Crippen LogP contribution in [0.5, 0.6) is 0 Å². The summed E-state index contributed by atoms with van der Waals surface area (Å²) in [6.45, 7) is 1.21. The van der Waals surface area contributed by atoms with Gasteiger partial charge in [0.1, 0.15) is 0 Å². The Bertz CT molecular complexity index is 838. The van der Waals surface area contributed by atoms with E-state index in [2.05, 4.69) is 5.32 Å². The lowest BCUT2D eigenvalue weighted by atomic mass is 9.79. The molecule has 4 nitrogen and oxygen atoms in total. The first-order valence-electron chi connectivity index (χ1n) is 9.86. The molecule has 1 saturated heterocycles. The Kier molecular flexibility index (Phi) is 5.36. The van der Waals surface area contributed by atoms with Gasteiger partial charge in [0, 0.05) is 48.7 Å². The summed E-state index contributed by atoms with van der Waals surface area (Å²) in [6.07, 6.45) is 5.20. The molecular formula is C21H25ClF2N2O2. The third-order valence-electron chi connectivity index (χ3n) is 6.13. The number of aromatic nitrogens is 1. The Balaban J connectivity index is 1.51. The second-order valence-corrected chi connectivity index (χ2v) is 8.94. The van der Waals surface area contributed by atoms with Gasteiger partial charge in [0.2, 0.25) is 5.92 Å². The minimum atomic E-state index is -2.63. The normalized spacial score (nSPS) is 24.9. The zero-order valence-corrected chi connectivity index (χ0v) is 16.4. The highest BCUT2D eigenvalue weighted by Gasteiger charge is 2.44. The van der Waals surface area contributed by atoms with Gasteiger partial charge in [-0.25, -0.2) is 8.78 Å². The maximum atomic E-state index is 13.6. The Morgan fingerprint density at radius 2 is 2.04 bits per heavy atom. The molecule has 7 heteroatoms. The number of hydrogen-bond donors (Lipinski definition) is 1. The first-order chi connectivity index (χ1) is 13.4. The van der Waals surface area contributed by atoms with Crippen molar-refractivity contribution >= 4 is 23.0 Å². The second kappa shape index (κ2) is 7.64. The molecule has 4 rings (SSSR count). The smallest absolute Gasteiger partial charge is 0.253 e. The summed E-state index contributed by atoms with van der Waals surface area (Å²) in [5.74, 6) is -2.64. The number of rotatable bonds is 5. The highest BCUT2D eigenvalue weighted by molar-refractivity contribution is 6.24. The molecule has 0 aromatic carbocycles. The van der Waals surface area contributed by atoms with Gasteiger partial charge in [-0.15, -0.1) is 11.6 Å². The highest BCUT2D eigenvalue weighted by Crippen LogP contribution is 2.45. The lowest BCUT2D eigenvalue weighted by Gasteiger charge is -2.39. The van der Waals surface area contributed by atoms with E-state index in [4.69, 9.17) is 16.3 Å². The van der Waals surface area contributed by atoms with Crippen molar-refractivity contribution in [2.75, 3.05) is 13.2 Å². The minimum Gasteiger partial charge on any atom is -0.381 e. The molecule has 1 amide bonds. The maximum absolute atomic E-state index is 13.6. The Morgan fingerprint density at radius 3 is 2.75 bits per heavy atom. The summed E-state index contributed by atoms with van der Waals surface area (Å²) in [4.78, 5) is 12.3. The fourth-order valence-corrected chi connectivity index (χ4v) is 4.72. The predicted molar refractivity (Wildman–Crippen MR) is 104 cm³/mol. The number of alkyl halides is 3. The van der Waals surface area contributed by atoms with Crippen LogP contribution in [0.4, 0.5) is 8.78 Å². The Morgan fingerprint density at radius 1 is 1.25 bits per heavy atom. The zero-order valence-electron chi connectivity index (χ0n) is 15.7. The molecule has 0 radical (unpaired) electrons. The number of ether oxygens (including phenoxy) is 1. The van der Waals surface area contributed by atoms with E-state index in [1.807, 2.05) is 35.0 Å². The SMILES string of the molecule is O=C(N[C@@H](CC1(Cl)CCC(F)(F)CC1)[C@@H]1CCOC1)c1ccn2ccccc12. The van der Waals surface area contributed by atoms with Crippen molar-refractivity contribution in [1.29, 1.82) is 0 Å². The monoisotopic (exact) mass is 410 g/mol. The lowest BCUT2D eigenvalue weighted by molar-refractivity contribution is -0.0438. The highest BCUT2D eigenvalue weighted by atomic mass is 35.5. The molecule has 152 valence electrons. The van der Waals surface area contributed by atoms with E-state index in [-0.39, 0.29) is 43.6 Å². The summed E-state index contributed by atoms with van der Waals surface area (Å²) in [5, 5.41) is 3.14. The number of halogens is 3. The molecule has 0 unspecified atom stereocenters. The molecule has 2 fully saturated rings. The van der Waals surface area contributed by atoms with Crippen LogP contribution in [0.3, 0.4) is 0 Å². The van der Waals surface area contributed by atoms with Crippen LogP contribution in [-0.2, 0) is 4.74 Å². The van der Waals surface area contributed by atoms with Gasteiger partial charge in [-0.2, -0.15) is 0 Å². The van der Waals surface area contributed by atoms with Crippen LogP contribution in [0.25, 0.3) is 5.52 Å². The van der Waals surface area contributed by atoms with E-state index in [1.54, 1.807) is 6.07 Å². The molecule has 1 saturated carbocycles. The van der Waals surface area contributed by atoms with Gasteiger partial charge in [0.15, 0.2) is 0 Å². The summed E-state index contributed by atoms with van der Waals surface area (Å²) < 4.78 is 34.6. The number of nitrogens with zero attached hydrogens (tertiary/aromatic N) is 1. The molecular weight excluding hydrogens is 386 g/mol. The van der Waals surface area contributed by atoms with Gasteiger partial charge in [-0.1, -0.05) is 6.07 Å². The molecule has 0 bridgehead atoms. The minimum absolute atomic E-state index is 0.149. The van der Waals surface area contributed by atoms with Crippen molar-refractivity contribution in [3.05, 3.63) is 42.2 Å². The van der Waals surface area contributed by atoms with Crippen molar-refractivity contribution < 1.29 is 18.3 Å². The molecule has 3 heterocycles. The largest absolute Gasteiger partial charge is 0.381 e. The molecule has 1 N–H and O–H groups in total. The van der Waals surface area contributed by atoms with E-state index in [1.165, 1.54) is 0 Å². The Hall–Kier alpha value is -1.66. The van der Waals surface area contributed by atoms with E-state index in [0.29, 0.717) is 25.2 Å². The number of nitrogens with one attached hydrogen (secondary N) is 1. The third kappa shape index (κ3) is 4.18. The maximum Gasteiger partial charge on any atom is 0.253 e. The van der Waals surface area contributed by atoms with Crippen LogP contribution in [0.1, 0.15) is 48.9 Å². The molecule has 2 aromatic heterocycles. The molecule has 2 atom stereocenters. The van der Waals surface area contributed by atoms with Gasteiger partial charge >= 0.3 is 0 Å². The van der Waals surface area contributed by atoms with Crippen molar-refractivity contribution in [1.82, 2.24) is 9.72 Å². The number of amides is 1. The van der Waals surface area contributed by atoms with Gasteiger partial charge in [0.25, 0.3) is 5.91 Å². The zero-order chi connectivity index (χ0) is 19.8. The van der Waals surface area contributed by atoms with Crippen molar-refractivity contribution in [2.24, 2.45) is 5.92 Å². The summed E-state index contributed by atoms with van der Waals surface area (Å²) >= 11 is 6.75. The Labute approximate surface area is 168 Å².